The summed E-state index contributed by atoms with van der Waals surface area (Å²) in [5.41, 5.74) is 2.20. The lowest BCUT2D eigenvalue weighted by molar-refractivity contribution is -0.132. The van der Waals surface area contributed by atoms with Crippen LogP contribution in [0.4, 0.5) is 11.4 Å². The third kappa shape index (κ3) is 5.23. The number of hydrogen-bond acceptors (Lipinski definition) is 6. The Balaban J connectivity index is 2.01. The highest BCUT2D eigenvalue weighted by atomic mass is 16.5. The van der Waals surface area contributed by atoms with E-state index >= 15 is 0 Å². The number of amides is 2. The molecule has 0 bridgehead atoms. The number of rotatable bonds is 6. The average Bonchev–Trinajstić information content (AvgIpc) is 3.17. The van der Waals surface area contributed by atoms with Crippen LogP contribution in [0, 0.1) is 0 Å². The summed E-state index contributed by atoms with van der Waals surface area (Å²) in [5.74, 6) is -1.50. The summed E-state index contributed by atoms with van der Waals surface area (Å²) in [6.07, 6.45) is 0. The van der Waals surface area contributed by atoms with Crippen LogP contribution in [0.25, 0.3) is 5.76 Å². The molecule has 1 fully saturated rings. The Hall–Kier alpha value is -4.59. The molecule has 39 heavy (non-hydrogen) atoms. The van der Waals surface area contributed by atoms with Crippen molar-refractivity contribution in [1.29, 1.82) is 0 Å². The van der Waals surface area contributed by atoms with Gasteiger partial charge in [0, 0.05) is 23.9 Å². The van der Waals surface area contributed by atoms with Crippen LogP contribution in [0.15, 0.2) is 72.3 Å². The van der Waals surface area contributed by atoms with Gasteiger partial charge in [-0.3, -0.25) is 19.3 Å². The van der Waals surface area contributed by atoms with Gasteiger partial charge in [-0.05, 0) is 47.4 Å². The van der Waals surface area contributed by atoms with E-state index < -0.39 is 17.7 Å². The molecule has 2 amide bonds. The SMILES string of the molecule is COc1ccc(C(C)(C)C)cc1/C(O)=C1\C(=O)C(=O)N(c2cccc(NC(C)=O)c2)C1c1ccccc1OC. The van der Waals surface area contributed by atoms with Gasteiger partial charge in [-0.15, -0.1) is 0 Å². The number of para-hydroxylation sites is 1. The second-order valence-electron chi connectivity index (χ2n) is 10.3. The quantitative estimate of drug-likeness (QED) is 0.246. The maximum Gasteiger partial charge on any atom is 0.300 e. The molecular weight excluding hydrogens is 496 g/mol. The molecule has 0 aliphatic carbocycles. The van der Waals surface area contributed by atoms with Crippen molar-refractivity contribution < 1.29 is 29.0 Å². The Morgan fingerprint density at radius 3 is 2.26 bits per heavy atom. The van der Waals surface area contributed by atoms with Crippen LogP contribution in [0.3, 0.4) is 0 Å². The summed E-state index contributed by atoms with van der Waals surface area (Å²) in [4.78, 5) is 40.3. The number of nitrogens with one attached hydrogen (secondary N) is 1. The van der Waals surface area contributed by atoms with Crippen LogP contribution in [0.5, 0.6) is 11.5 Å². The van der Waals surface area contributed by atoms with Crippen molar-refractivity contribution in [3.8, 4) is 11.5 Å². The highest BCUT2D eigenvalue weighted by Gasteiger charge is 2.48. The van der Waals surface area contributed by atoms with Gasteiger partial charge in [0.1, 0.15) is 17.3 Å². The number of carbonyl (C=O) groups is 3. The first-order valence-corrected chi connectivity index (χ1v) is 12.5. The first-order chi connectivity index (χ1) is 18.5. The van der Waals surface area contributed by atoms with Crippen LogP contribution in [-0.2, 0) is 19.8 Å². The van der Waals surface area contributed by atoms with E-state index in [1.165, 1.54) is 26.0 Å². The van der Waals surface area contributed by atoms with Gasteiger partial charge in [0.05, 0.1) is 31.4 Å². The van der Waals surface area contributed by atoms with E-state index in [0.29, 0.717) is 34.0 Å². The minimum atomic E-state index is -1.02. The van der Waals surface area contributed by atoms with Crippen LogP contribution in [0.1, 0.15) is 50.4 Å². The molecule has 2 N–H and O–H groups in total. The van der Waals surface area contributed by atoms with Crippen molar-refractivity contribution >= 4 is 34.7 Å². The number of anilines is 2. The molecule has 1 aliphatic rings. The Kier molecular flexibility index (Phi) is 7.49. The van der Waals surface area contributed by atoms with Crippen molar-refractivity contribution in [3.63, 3.8) is 0 Å². The van der Waals surface area contributed by atoms with Gasteiger partial charge in [0.25, 0.3) is 11.7 Å². The second kappa shape index (κ2) is 10.6. The zero-order chi connectivity index (χ0) is 28.5. The van der Waals surface area contributed by atoms with Gasteiger partial charge in [-0.2, -0.15) is 0 Å². The fourth-order valence-electron chi connectivity index (χ4n) is 4.73. The van der Waals surface area contributed by atoms with Crippen molar-refractivity contribution in [2.24, 2.45) is 0 Å². The van der Waals surface area contributed by atoms with Gasteiger partial charge in [-0.1, -0.05) is 51.1 Å². The summed E-state index contributed by atoms with van der Waals surface area (Å²) in [6, 6.07) is 18.1. The molecule has 8 nitrogen and oxygen atoms in total. The van der Waals surface area contributed by atoms with Crippen LogP contribution >= 0.6 is 0 Å². The summed E-state index contributed by atoms with van der Waals surface area (Å²) in [6.45, 7) is 7.49. The molecule has 1 unspecified atom stereocenters. The van der Waals surface area contributed by atoms with Gasteiger partial charge >= 0.3 is 0 Å². The third-order valence-corrected chi connectivity index (χ3v) is 6.64. The Labute approximate surface area is 227 Å². The summed E-state index contributed by atoms with van der Waals surface area (Å²) in [7, 11) is 2.98. The van der Waals surface area contributed by atoms with Crippen molar-refractivity contribution in [2.45, 2.75) is 39.2 Å². The molecule has 1 heterocycles. The lowest BCUT2D eigenvalue weighted by atomic mass is 9.85. The van der Waals surface area contributed by atoms with E-state index in [-0.39, 0.29) is 22.7 Å². The van der Waals surface area contributed by atoms with Crippen molar-refractivity contribution in [2.75, 3.05) is 24.4 Å². The van der Waals surface area contributed by atoms with E-state index in [2.05, 4.69) is 5.32 Å². The monoisotopic (exact) mass is 528 g/mol. The minimum absolute atomic E-state index is 0.0983. The maximum absolute atomic E-state index is 13.7. The van der Waals surface area contributed by atoms with E-state index in [9.17, 15) is 19.5 Å². The van der Waals surface area contributed by atoms with Gasteiger partial charge < -0.3 is 19.9 Å². The van der Waals surface area contributed by atoms with Gasteiger partial charge in [-0.25, -0.2) is 0 Å². The van der Waals surface area contributed by atoms with E-state index in [1.54, 1.807) is 60.7 Å². The van der Waals surface area contributed by atoms with Crippen LogP contribution in [-0.4, -0.2) is 36.9 Å². The number of ketones is 1. The van der Waals surface area contributed by atoms with Crippen molar-refractivity contribution in [3.05, 3.63) is 89.0 Å². The number of Topliss-reactive ketones (excluding diaryl/α,β-unsaturated/α-hetero) is 1. The maximum atomic E-state index is 13.7. The number of carbonyl (C=O) groups excluding carboxylic acids is 3. The Bertz CT molecular complexity index is 1480. The molecule has 1 aliphatic heterocycles. The third-order valence-electron chi connectivity index (χ3n) is 6.64. The summed E-state index contributed by atoms with van der Waals surface area (Å²) < 4.78 is 11.1. The number of methoxy groups -OCH3 is 2. The molecule has 0 radical (unpaired) electrons. The van der Waals surface area contributed by atoms with E-state index in [1.807, 2.05) is 26.8 Å². The fourth-order valence-corrected chi connectivity index (χ4v) is 4.73. The highest BCUT2D eigenvalue weighted by Crippen LogP contribution is 2.46. The molecule has 0 aromatic heterocycles. The molecule has 1 atom stereocenters. The number of aliphatic hydroxyl groups is 1. The predicted octanol–water partition coefficient (Wildman–Crippen LogP) is 5.59. The first kappa shape index (κ1) is 27.4. The minimum Gasteiger partial charge on any atom is -0.507 e. The summed E-state index contributed by atoms with van der Waals surface area (Å²) >= 11 is 0. The zero-order valence-corrected chi connectivity index (χ0v) is 22.9. The predicted molar refractivity (Wildman–Crippen MR) is 150 cm³/mol. The molecule has 0 saturated carbocycles. The van der Waals surface area contributed by atoms with Crippen molar-refractivity contribution in [1.82, 2.24) is 0 Å². The van der Waals surface area contributed by atoms with Gasteiger partial charge in [0.15, 0.2) is 0 Å². The van der Waals surface area contributed by atoms with E-state index in [4.69, 9.17) is 9.47 Å². The molecule has 3 aromatic rings. The Morgan fingerprint density at radius 1 is 0.923 bits per heavy atom. The number of benzene rings is 3. The topological polar surface area (TPSA) is 105 Å². The molecule has 4 rings (SSSR count). The standard InChI is InChI=1S/C31H32N2O6/c1-18(34)32-20-10-9-11-21(17-20)33-27(22-12-7-8-13-24(22)38-5)26(29(36)30(33)37)28(35)23-16-19(31(2,3)4)14-15-25(23)39-6/h7-17,27,35H,1-6H3,(H,32,34)/b28-26+. The second-order valence-corrected chi connectivity index (χ2v) is 10.3. The van der Waals surface area contributed by atoms with Gasteiger partial charge in [0.2, 0.25) is 5.91 Å². The smallest absolute Gasteiger partial charge is 0.300 e. The van der Waals surface area contributed by atoms with E-state index in [0.717, 1.165) is 5.56 Å². The molecule has 202 valence electrons. The molecular formula is C31H32N2O6. The summed E-state index contributed by atoms with van der Waals surface area (Å²) in [5, 5.41) is 14.4. The fraction of sp³-hybridized carbons (Fsp3) is 0.258. The van der Waals surface area contributed by atoms with Crippen LogP contribution < -0.4 is 19.7 Å². The number of ether oxygens (including phenoxy) is 2. The Morgan fingerprint density at radius 2 is 1.62 bits per heavy atom. The first-order valence-electron chi connectivity index (χ1n) is 12.5. The normalized spacial score (nSPS) is 16.8. The van der Waals surface area contributed by atoms with Crippen LogP contribution in [0.2, 0.25) is 0 Å². The lowest BCUT2D eigenvalue weighted by Gasteiger charge is -2.27. The molecule has 3 aromatic carbocycles. The average molecular weight is 529 g/mol. The lowest BCUT2D eigenvalue weighted by Crippen LogP contribution is -2.29. The molecule has 0 spiro atoms. The largest absolute Gasteiger partial charge is 0.507 e. The number of nitrogens with zero attached hydrogens (tertiary/aromatic N) is 1. The zero-order valence-electron chi connectivity index (χ0n) is 22.9. The number of hydrogen-bond donors (Lipinski definition) is 2. The molecule has 8 heteroatoms. The number of aliphatic hydroxyl groups excluding tert-OH is 1. The highest BCUT2D eigenvalue weighted by molar-refractivity contribution is 6.51. The molecule has 1 saturated heterocycles.